The first kappa shape index (κ1) is 17.4. The number of fused-ring (bicyclic) bond motifs is 3. The largest absolute Gasteiger partial charge is 0.497 e. The molecule has 6 nitrogen and oxygen atoms in total. The molecule has 0 unspecified atom stereocenters. The molecule has 0 aliphatic heterocycles. The van der Waals surface area contributed by atoms with Gasteiger partial charge in [0.1, 0.15) is 5.75 Å². The second-order valence-corrected chi connectivity index (χ2v) is 7.04. The number of benzene rings is 2. The van der Waals surface area contributed by atoms with Gasteiger partial charge in [0.25, 0.3) is 0 Å². The van der Waals surface area contributed by atoms with Gasteiger partial charge >= 0.3 is 0 Å². The zero-order valence-corrected chi connectivity index (χ0v) is 15.8. The normalized spacial score (nSPS) is 11.0. The maximum Gasteiger partial charge on any atom is 0.234 e. The summed E-state index contributed by atoms with van der Waals surface area (Å²) in [6.45, 7) is 2.00. The molecule has 1 amide bonds. The van der Waals surface area contributed by atoms with Crippen LogP contribution in [0.5, 0.6) is 5.75 Å². The van der Waals surface area contributed by atoms with Crippen molar-refractivity contribution in [2.45, 2.75) is 12.1 Å². The fourth-order valence-corrected chi connectivity index (χ4v) is 3.69. The van der Waals surface area contributed by atoms with E-state index in [0.717, 1.165) is 33.6 Å². The lowest BCUT2D eigenvalue weighted by Gasteiger charge is -2.09. The molecule has 0 fully saturated rings. The van der Waals surface area contributed by atoms with Crippen molar-refractivity contribution in [2.24, 2.45) is 0 Å². The van der Waals surface area contributed by atoms with E-state index in [9.17, 15) is 4.79 Å². The van der Waals surface area contributed by atoms with Crippen molar-refractivity contribution < 1.29 is 9.53 Å². The van der Waals surface area contributed by atoms with Gasteiger partial charge in [0.2, 0.25) is 5.91 Å². The number of para-hydroxylation sites is 1. The van der Waals surface area contributed by atoms with Crippen molar-refractivity contribution in [3.8, 4) is 5.75 Å². The fraction of sp³-hybridized carbons (Fsp3) is 0.150. The number of nitrogens with zero attached hydrogens (tertiary/aromatic N) is 3. The first-order valence-corrected chi connectivity index (χ1v) is 9.44. The van der Waals surface area contributed by atoms with Crippen LogP contribution in [0.25, 0.3) is 16.6 Å². The summed E-state index contributed by atoms with van der Waals surface area (Å²) in [7, 11) is 1.64. The maximum atomic E-state index is 12.3. The molecule has 0 saturated carbocycles. The third kappa shape index (κ3) is 3.46. The number of carbonyl (C=O) groups excluding carboxylic acids is 1. The van der Waals surface area contributed by atoms with Crippen LogP contribution in [0.3, 0.4) is 0 Å². The van der Waals surface area contributed by atoms with Gasteiger partial charge < -0.3 is 10.1 Å². The van der Waals surface area contributed by atoms with Gasteiger partial charge in [-0.05, 0) is 48.2 Å². The van der Waals surface area contributed by atoms with E-state index in [1.54, 1.807) is 7.11 Å². The molecule has 4 aromatic rings. The van der Waals surface area contributed by atoms with Crippen LogP contribution < -0.4 is 10.1 Å². The topological polar surface area (TPSA) is 68.5 Å². The predicted octanol–water partition coefficient (Wildman–Crippen LogP) is 3.93. The summed E-state index contributed by atoms with van der Waals surface area (Å²) in [6, 6.07) is 17.4. The van der Waals surface area contributed by atoms with E-state index in [4.69, 9.17) is 4.74 Å². The molecule has 136 valence electrons. The number of anilines is 1. The molecule has 0 radical (unpaired) electrons. The summed E-state index contributed by atoms with van der Waals surface area (Å²) < 4.78 is 7.34. The Morgan fingerprint density at radius 1 is 1.15 bits per heavy atom. The Hall–Kier alpha value is -3.06. The Morgan fingerprint density at radius 2 is 1.96 bits per heavy atom. The number of ether oxygens (including phenoxy) is 1. The van der Waals surface area contributed by atoms with Gasteiger partial charge in [0.15, 0.2) is 10.8 Å². The number of methoxy groups -OCH3 is 1. The van der Waals surface area contributed by atoms with Crippen molar-refractivity contribution in [1.29, 1.82) is 0 Å². The highest BCUT2D eigenvalue weighted by molar-refractivity contribution is 7.99. The minimum Gasteiger partial charge on any atom is -0.497 e. The maximum absolute atomic E-state index is 12.3. The Balaban J connectivity index is 1.64. The number of thioether (sulfide) groups is 1. The molecule has 4 rings (SSSR count). The molecule has 2 heterocycles. The Morgan fingerprint density at radius 3 is 2.74 bits per heavy atom. The zero-order chi connectivity index (χ0) is 18.8. The second-order valence-electron chi connectivity index (χ2n) is 6.10. The van der Waals surface area contributed by atoms with Crippen LogP contribution in [-0.4, -0.2) is 33.4 Å². The number of aromatic nitrogens is 3. The van der Waals surface area contributed by atoms with Crippen LogP contribution in [0.4, 0.5) is 5.69 Å². The van der Waals surface area contributed by atoms with Crippen LogP contribution in [0.15, 0.2) is 59.8 Å². The van der Waals surface area contributed by atoms with E-state index in [-0.39, 0.29) is 11.7 Å². The van der Waals surface area contributed by atoms with E-state index >= 15 is 0 Å². The number of aryl methyl sites for hydroxylation is 1. The first-order chi connectivity index (χ1) is 13.2. The highest BCUT2D eigenvalue weighted by atomic mass is 32.2. The van der Waals surface area contributed by atoms with Crippen molar-refractivity contribution in [1.82, 2.24) is 14.6 Å². The van der Waals surface area contributed by atoms with Crippen LogP contribution in [0.1, 0.15) is 5.56 Å². The monoisotopic (exact) mass is 378 g/mol. The smallest absolute Gasteiger partial charge is 0.234 e. The van der Waals surface area contributed by atoms with Gasteiger partial charge in [-0.25, -0.2) is 0 Å². The van der Waals surface area contributed by atoms with E-state index in [2.05, 4.69) is 21.6 Å². The number of rotatable bonds is 5. The molecule has 0 spiro atoms. The zero-order valence-electron chi connectivity index (χ0n) is 15.0. The van der Waals surface area contributed by atoms with Gasteiger partial charge in [-0.2, -0.15) is 0 Å². The molecule has 0 aliphatic rings. The lowest BCUT2D eigenvalue weighted by molar-refractivity contribution is -0.113. The average molecular weight is 378 g/mol. The molecular formula is C20H18N4O2S. The lowest BCUT2D eigenvalue weighted by atomic mass is 10.1. The minimum atomic E-state index is -0.0857. The van der Waals surface area contributed by atoms with E-state index < -0.39 is 0 Å². The van der Waals surface area contributed by atoms with Gasteiger partial charge in [0.05, 0.1) is 18.4 Å². The summed E-state index contributed by atoms with van der Waals surface area (Å²) in [5.74, 6) is 0.923. The fourth-order valence-electron chi connectivity index (χ4n) is 2.95. The van der Waals surface area contributed by atoms with Crippen LogP contribution in [0.2, 0.25) is 0 Å². The third-order valence-electron chi connectivity index (χ3n) is 4.23. The summed E-state index contributed by atoms with van der Waals surface area (Å²) in [5, 5.41) is 13.2. The summed E-state index contributed by atoms with van der Waals surface area (Å²) in [6.07, 6.45) is 0. The molecule has 2 aromatic carbocycles. The second kappa shape index (κ2) is 7.28. The number of nitrogens with one attached hydrogen (secondary N) is 1. The standard InChI is InChI=1S/C20H18N4O2S/c1-13-10-14-8-9-16(26-2)11-17(14)24-19(13)22-23-20(24)27-12-18(25)21-15-6-4-3-5-7-15/h3-11H,12H2,1-2H3,(H,21,25). The molecule has 0 atom stereocenters. The first-order valence-electron chi connectivity index (χ1n) is 8.46. The highest BCUT2D eigenvalue weighted by Crippen LogP contribution is 2.28. The van der Waals surface area contributed by atoms with E-state index in [1.807, 2.05) is 59.9 Å². The number of hydrogen-bond acceptors (Lipinski definition) is 5. The molecule has 27 heavy (non-hydrogen) atoms. The van der Waals surface area contributed by atoms with Crippen LogP contribution in [-0.2, 0) is 4.79 Å². The number of pyridine rings is 1. The van der Waals surface area contributed by atoms with Gasteiger partial charge in [-0.15, -0.1) is 10.2 Å². The minimum absolute atomic E-state index is 0.0857. The summed E-state index contributed by atoms with van der Waals surface area (Å²) >= 11 is 1.36. The van der Waals surface area contributed by atoms with Crippen molar-refractivity contribution >= 4 is 39.9 Å². The summed E-state index contributed by atoms with van der Waals surface area (Å²) in [4.78, 5) is 12.3. The quantitative estimate of drug-likeness (QED) is 0.533. The van der Waals surface area contributed by atoms with E-state index in [1.165, 1.54) is 11.8 Å². The number of carbonyl (C=O) groups is 1. The number of amides is 1. The SMILES string of the molecule is COc1ccc2cc(C)c3nnc(SCC(=O)Nc4ccccc4)n3c2c1. The van der Waals surface area contributed by atoms with Gasteiger partial charge in [0, 0.05) is 11.8 Å². The lowest BCUT2D eigenvalue weighted by Crippen LogP contribution is -2.14. The van der Waals surface area contributed by atoms with Crippen molar-refractivity contribution in [2.75, 3.05) is 18.2 Å². The molecule has 2 aromatic heterocycles. The molecular weight excluding hydrogens is 360 g/mol. The molecule has 1 N–H and O–H groups in total. The van der Waals surface area contributed by atoms with Crippen LogP contribution >= 0.6 is 11.8 Å². The average Bonchev–Trinajstić information content (AvgIpc) is 3.12. The molecule has 7 heteroatoms. The molecule has 0 saturated heterocycles. The predicted molar refractivity (Wildman–Crippen MR) is 108 cm³/mol. The Bertz CT molecular complexity index is 1130. The summed E-state index contributed by atoms with van der Waals surface area (Å²) in [5.41, 5.74) is 3.54. The Kier molecular flexibility index (Phi) is 4.68. The Labute approximate surface area is 160 Å². The van der Waals surface area contributed by atoms with Gasteiger partial charge in [-0.3, -0.25) is 9.20 Å². The van der Waals surface area contributed by atoms with Gasteiger partial charge in [-0.1, -0.05) is 30.0 Å². The van der Waals surface area contributed by atoms with Crippen LogP contribution in [0, 0.1) is 6.92 Å². The van der Waals surface area contributed by atoms with E-state index in [0.29, 0.717) is 5.16 Å². The molecule has 0 aliphatic carbocycles. The van der Waals surface area contributed by atoms with Crippen molar-refractivity contribution in [3.05, 3.63) is 60.2 Å². The molecule has 0 bridgehead atoms. The number of hydrogen-bond donors (Lipinski definition) is 1. The van der Waals surface area contributed by atoms with Crippen molar-refractivity contribution in [3.63, 3.8) is 0 Å². The highest BCUT2D eigenvalue weighted by Gasteiger charge is 2.14. The third-order valence-corrected chi connectivity index (χ3v) is 5.16.